The summed E-state index contributed by atoms with van der Waals surface area (Å²) in [5, 5.41) is 14.1. The third-order valence-corrected chi connectivity index (χ3v) is 8.01. The predicted octanol–water partition coefficient (Wildman–Crippen LogP) is 4.37. The molecule has 1 atom stereocenters. The Hall–Kier alpha value is -4.25. The van der Waals surface area contributed by atoms with E-state index >= 15 is 0 Å². The smallest absolute Gasteiger partial charge is 0.269 e. The molecule has 0 aliphatic heterocycles. The highest BCUT2D eigenvalue weighted by molar-refractivity contribution is 7.92. The van der Waals surface area contributed by atoms with Crippen LogP contribution in [0.2, 0.25) is 0 Å². The van der Waals surface area contributed by atoms with Crippen molar-refractivity contribution in [2.75, 3.05) is 17.4 Å². The minimum absolute atomic E-state index is 0.0440. The molecule has 1 unspecified atom stereocenters. The molecule has 10 nitrogen and oxygen atoms in total. The van der Waals surface area contributed by atoms with Crippen molar-refractivity contribution in [3.8, 4) is 0 Å². The second kappa shape index (κ2) is 13.7. The van der Waals surface area contributed by atoms with E-state index in [0.29, 0.717) is 13.0 Å². The number of non-ortho nitro benzene ring substituents is 1. The van der Waals surface area contributed by atoms with Crippen LogP contribution in [0.25, 0.3) is 0 Å². The van der Waals surface area contributed by atoms with Gasteiger partial charge in [-0.1, -0.05) is 69.3 Å². The fourth-order valence-corrected chi connectivity index (χ4v) is 5.55. The average molecular weight is 567 g/mol. The molecule has 0 saturated heterocycles. The predicted molar refractivity (Wildman–Crippen MR) is 153 cm³/mol. The number of nitrogens with one attached hydrogen (secondary N) is 1. The molecule has 11 heteroatoms. The number of hydrogen-bond acceptors (Lipinski definition) is 6. The molecule has 212 valence electrons. The molecule has 0 saturated carbocycles. The summed E-state index contributed by atoms with van der Waals surface area (Å²) in [5.41, 5.74) is 0.643. The van der Waals surface area contributed by atoms with Gasteiger partial charge in [0.2, 0.25) is 11.8 Å². The first-order chi connectivity index (χ1) is 19.0. The quantitative estimate of drug-likeness (QED) is 0.242. The van der Waals surface area contributed by atoms with E-state index in [2.05, 4.69) is 5.32 Å². The van der Waals surface area contributed by atoms with Gasteiger partial charge in [0, 0.05) is 25.2 Å². The first kappa shape index (κ1) is 30.3. The van der Waals surface area contributed by atoms with Crippen LogP contribution < -0.4 is 9.62 Å². The van der Waals surface area contributed by atoms with Crippen LogP contribution in [-0.2, 0) is 26.2 Å². The number of nitro benzene ring substituents is 1. The Morgan fingerprint density at radius 1 is 0.925 bits per heavy atom. The normalized spacial score (nSPS) is 12.0. The van der Waals surface area contributed by atoms with Crippen LogP contribution >= 0.6 is 0 Å². The van der Waals surface area contributed by atoms with E-state index in [1.54, 1.807) is 25.1 Å². The van der Waals surface area contributed by atoms with E-state index in [9.17, 15) is 28.1 Å². The van der Waals surface area contributed by atoms with Crippen molar-refractivity contribution in [3.63, 3.8) is 0 Å². The Kier molecular flexibility index (Phi) is 10.4. The third-order valence-electron chi connectivity index (χ3n) is 6.22. The van der Waals surface area contributed by atoms with E-state index in [1.807, 2.05) is 44.2 Å². The van der Waals surface area contributed by atoms with Crippen molar-refractivity contribution in [2.45, 2.75) is 44.7 Å². The van der Waals surface area contributed by atoms with E-state index in [1.165, 1.54) is 41.3 Å². The molecule has 0 spiro atoms. The van der Waals surface area contributed by atoms with Crippen LogP contribution in [0.4, 0.5) is 11.4 Å². The lowest BCUT2D eigenvalue weighted by Crippen LogP contribution is -2.52. The molecule has 0 bridgehead atoms. The molecule has 3 aromatic carbocycles. The van der Waals surface area contributed by atoms with Crippen LogP contribution in [0.15, 0.2) is 89.8 Å². The molecule has 3 rings (SSSR count). The standard InChI is InChI=1S/C29H34N4O6S/c1-4-27(29(35)30-19-22(2)3)31(20-23-11-7-5-8-12-23)28(34)21-32(24-15-17-25(18-16-24)33(36)37)40(38,39)26-13-9-6-10-14-26/h5-18,22,27H,4,19-21H2,1-3H3,(H,30,35). The maximum absolute atomic E-state index is 14.0. The molecule has 0 fully saturated rings. The highest BCUT2D eigenvalue weighted by Crippen LogP contribution is 2.26. The fraction of sp³-hybridized carbons (Fsp3) is 0.310. The van der Waals surface area contributed by atoms with Crippen LogP contribution in [0.1, 0.15) is 32.8 Å². The van der Waals surface area contributed by atoms with Gasteiger partial charge in [-0.3, -0.25) is 24.0 Å². The Balaban J connectivity index is 2.04. The molecule has 40 heavy (non-hydrogen) atoms. The van der Waals surface area contributed by atoms with E-state index in [4.69, 9.17) is 0 Å². The van der Waals surface area contributed by atoms with Gasteiger partial charge in [-0.25, -0.2) is 8.42 Å². The summed E-state index contributed by atoms with van der Waals surface area (Å²) in [6, 6.07) is 20.9. The number of rotatable bonds is 13. The maximum atomic E-state index is 14.0. The number of carbonyl (C=O) groups excluding carboxylic acids is 2. The lowest BCUT2D eigenvalue weighted by Gasteiger charge is -2.33. The van der Waals surface area contributed by atoms with Crippen molar-refractivity contribution >= 4 is 33.2 Å². The lowest BCUT2D eigenvalue weighted by molar-refractivity contribution is -0.384. The van der Waals surface area contributed by atoms with Gasteiger partial charge in [0.1, 0.15) is 12.6 Å². The van der Waals surface area contributed by atoms with Gasteiger partial charge in [0.05, 0.1) is 15.5 Å². The Labute approximate surface area is 234 Å². The van der Waals surface area contributed by atoms with Crippen LogP contribution in [0, 0.1) is 16.0 Å². The minimum atomic E-state index is -4.25. The van der Waals surface area contributed by atoms with Crippen LogP contribution in [0.5, 0.6) is 0 Å². The molecule has 0 aliphatic carbocycles. The van der Waals surface area contributed by atoms with Gasteiger partial charge in [-0.05, 0) is 42.2 Å². The van der Waals surface area contributed by atoms with Gasteiger partial charge in [-0.2, -0.15) is 0 Å². The van der Waals surface area contributed by atoms with Crippen molar-refractivity contribution in [2.24, 2.45) is 5.92 Å². The van der Waals surface area contributed by atoms with Crippen molar-refractivity contribution in [1.82, 2.24) is 10.2 Å². The topological polar surface area (TPSA) is 130 Å². The number of nitro groups is 1. The Morgan fingerprint density at radius 3 is 2.02 bits per heavy atom. The molecule has 0 aromatic heterocycles. The molecule has 0 aliphatic rings. The lowest BCUT2D eigenvalue weighted by atomic mass is 10.1. The molecule has 1 N–H and O–H groups in total. The van der Waals surface area contributed by atoms with E-state index in [0.717, 1.165) is 9.87 Å². The summed E-state index contributed by atoms with van der Waals surface area (Å²) in [6.45, 7) is 5.62. The average Bonchev–Trinajstić information content (AvgIpc) is 2.95. The number of benzene rings is 3. The van der Waals surface area contributed by atoms with Crippen molar-refractivity contribution < 1.29 is 22.9 Å². The molecular formula is C29H34N4O6S. The summed E-state index contributed by atoms with van der Waals surface area (Å²) in [5.74, 6) is -0.713. The number of amides is 2. The second-order valence-corrected chi connectivity index (χ2v) is 11.5. The number of anilines is 1. The van der Waals surface area contributed by atoms with Crippen molar-refractivity contribution in [3.05, 3.63) is 101 Å². The zero-order valence-electron chi connectivity index (χ0n) is 22.8. The summed E-state index contributed by atoms with van der Waals surface area (Å²) in [7, 11) is -4.25. The third kappa shape index (κ3) is 7.66. The molecule has 2 amide bonds. The van der Waals surface area contributed by atoms with Crippen LogP contribution in [0.3, 0.4) is 0 Å². The Morgan fingerprint density at radius 2 is 1.50 bits per heavy atom. The summed E-state index contributed by atoms with van der Waals surface area (Å²) in [4.78, 5) is 39.1. The van der Waals surface area contributed by atoms with E-state index in [-0.39, 0.29) is 34.6 Å². The van der Waals surface area contributed by atoms with Crippen molar-refractivity contribution in [1.29, 1.82) is 0 Å². The highest BCUT2D eigenvalue weighted by Gasteiger charge is 2.33. The molecule has 0 radical (unpaired) electrons. The SMILES string of the molecule is CCC(C(=O)NCC(C)C)N(Cc1ccccc1)C(=O)CN(c1ccc([N+](=O)[O-])cc1)S(=O)(=O)c1ccccc1. The Bertz CT molecular complexity index is 1400. The highest BCUT2D eigenvalue weighted by atomic mass is 32.2. The number of hydrogen-bond donors (Lipinski definition) is 1. The zero-order chi connectivity index (χ0) is 29.3. The zero-order valence-corrected chi connectivity index (χ0v) is 23.6. The monoisotopic (exact) mass is 566 g/mol. The number of carbonyl (C=O) groups is 2. The van der Waals surface area contributed by atoms with Crippen LogP contribution in [-0.4, -0.2) is 49.2 Å². The number of sulfonamides is 1. The summed E-state index contributed by atoms with van der Waals surface area (Å²) < 4.78 is 28.4. The molecular weight excluding hydrogens is 532 g/mol. The largest absolute Gasteiger partial charge is 0.354 e. The minimum Gasteiger partial charge on any atom is -0.354 e. The number of nitrogens with zero attached hydrogens (tertiary/aromatic N) is 3. The molecule has 0 heterocycles. The van der Waals surface area contributed by atoms with Gasteiger partial charge in [-0.15, -0.1) is 0 Å². The summed E-state index contributed by atoms with van der Waals surface area (Å²) in [6.07, 6.45) is 0.311. The van der Waals surface area contributed by atoms with Gasteiger partial charge in [0.25, 0.3) is 15.7 Å². The van der Waals surface area contributed by atoms with Gasteiger partial charge in [0.15, 0.2) is 0 Å². The first-order valence-electron chi connectivity index (χ1n) is 13.0. The molecule has 3 aromatic rings. The first-order valence-corrected chi connectivity index (χ1v) is 14.4. The fourth-order valence-electron chi connectivity index (χ4n) is 4.11. The van der Waals surface area contributed by atoms with Gasteiger partial charge < -0.3 is 10.2 Å². The summed E-state index contributed by atoms with van der Waals surface area (Å²) >= 11 is 0. The van der Waals surface area contributed by atoms with Gasteiger partial charge >= 0.3 is 0 Å². The van der Waals surface area contributed by atoms with E-state index < -0.39 is 33.4 Å². The second-order valence-electron chi connectivity index (χ2n) is 9.67. The maximum Gasteiger partial charge on any atom is 0.269 e.